The van der Waals surface area contributed by atoms with Gasteiger partial charge in [0.1, 0.15) is 5.58 Å². The van der Waals surface area contributed by atoms with Crippen LogP contribution in [0.1, 0.15) is 0 Å². The maximum atomic E-state index is 6.36. The van der Waals surface area contributed by atoms with Crippen molar-refractivity contribution in [1.29, 1.82) is 0 Å². The van der Waals surface area contributed by atoms with Crippen LogP contribution in [0.15, 0.2) is 87.8 Å². The third kappa shape index (κ3) is 2.16. The van der Waals surface area contributed by atoms with Gasteiger partial charge in [0, 0.05) is 31.1 Å². The van der Waals surface area contributed by atoms with E-state index in [1.807, 2.05) is 11.3 Å². The second-order valence-corrected chi connectivity index (χ2v) is 8.53. The van der Waals surface area contributed by atoms with E-state index >= 15 is 0 Å². The Hall–Kier alpha value is -2.62. The molecule has 4 aromatic carbocycles. The fourth-order valence-corrected chi connectivity index (χ4v) is 5.85. The van der Waals surface area contributed by atoms with E-state index in [-0.39, 0.29) is 0 Å². The number of thiophene rings is 1. The normalized spacial score (nSPS) is 11.9. The van der Waals surface area contributed by atoms with Gasteiger partial charge in [-0.3, -0.25) is 0 Å². The fraction of sp³-hybridized carbons (Fsp3) is 0. The Bertz CT molecular complexity index is 1490. The zero-order valence-corrected chi connectivity index (χ0v) is 16.6. The molecular weight excluding hydrogens is 416 g/mol. The highest BCUT2D eigenvalue weighted by molar-refractivity contribution is 9.10. The molecule has 0 saturated heterocycles. The van der Waals surface area contributed by atoms with Crippen LogP contribution in [0.3, 0.4) is 0 Å². The SMILES string of the molecule is Brc1c(-c2cccc3c2sc2ccccc23)oc2ccc3ccccc3c12. The van der Waals surface area contributed by atoms with Crippen molar-refractivity contribution in [2.75, 3.05) is 0 Å². The summed E-state index contributed by atoms with van der Waals surface area (Å²) in [5.41, 5.74) is 2.05. The average molecular weight is 429 g/mol. The van der Waals surface area contributed by atoms with Gasteiger partial charge >= 0.3 is 0 Å². The fourth-order valence-electron chi connectivity index (χ4n) is 3.93. The van der Waals surface area contributed by atoms with Crippen LogP contribution in [0, 0.1) is 0 Å². The molecule has 0 aliphatic rings. The van der Waals surface area contributed by atoms with Crippen LogP contribution in [0.2, 0.25) is 0 Å². The molecule has 0 spiro atoms. The van der Waals surface area contributed by atoms with Gasteiger partial charge in [-0.25, -0.2) is 0 Å². The molecule has 0 fully saturated rings. The first-order valence-electron chi connectivity index (χ1n) is 8.81. The molecule has 1 nitrogen and oxygen atoms in total. The van der Waals surface area contributed by atoms with Crippen LogP contribution in [0.4, 0.5) is 0 Å². The molecule has 2 heterocycles. The molecule has 0 N–H and O–H groups in total. The first-order chi connectivity index (χ1) is 13.3. The molecule has 0 unspecified atom stereocenters. The highest BCUT2D eigenvalue weighted by Gasteiger charge is 2.19. The van der Waals surface area contributed by atoms with E-state index in [1.54, 1.807) is 0 Å². The number of fused-ring (bicyclic) bond motifs is 6. The molecule has 0 aliphatic carbocycles. The Labute approximate surface area is 168 Å². The summed E-state index contributed by atoms with van der Waals surface area (Å²) in [5.74, 6) is 0.901. The third-order valence-electron chi connectivity index (χ3n) is 5.17. The van der Waals surface area contributed by atoms with Gasteiger partial charge in [0.15, 0.2) is 5.76 Å². The zero-order chi connectivity index (χ0) is 18.0. The minimum absolute atomic E-state index is 0.901. The maximum absolute atomic E-state index is 6.36. The van der Waals surface area contributed by atoms with Crippen molar-refractivity contribution in [1.82, 2.24) is 0 Å². The molecule has 0 aliphatic heterocycles. The maximum Gasteiger partial charge on any atom is 0.151 e. The van der Waals surface area contributed by atoms with E-state index in [0.29, 0.717) is 0 Å². The summed E-state index contributed by atoms with van der Waals surface area (Å²) in [6.45, 7) is 0. The summed E-state index contributed by atoms with van der Waals surface area (Å²) in [5, 5.41) is 6.15. The van der Waals surface area contributed by atoms with Crippen molar-refractivity contribution in [3.8, 4) is 11.3 Å². The summed E-state index contributed by atoms with van der Waals surface area (Å²) >= 11 is 5.67. The van der Waals surface area contributed by atoms with Gasteiger partial charge < -0.3 is 4.42 Å². The molecule has 0 radical (unpaired) electrons. The van der Waals surface area contributed by atoms with Crippen molar-refractivity contribution in [2.45, 2.75) is 0 Å². The lowest BCUT2D eigenvalue weighted by Crippen LogP contribution is -1.76. The molecule has 0 saturated carbocycles. The standard InChI is InChI=1S/C24H13BrOS/c25-22-21-15-7-2-1-6-14(15)12-13-19(21)26-23(22)18-10-5-9-17-16-8-3-4-11-20(16)27-24(17)18/h1-13H. The number of benzene rings is 4. The van der Waals surface area contributed by atoms with Crippen molar-refractivity contribution < 1.29 is 4.42 Å². The van der Waals surface area contributed by atoms with Gasteiger partial charge in [0.05, 0.1) is 4.47 Å². The van der Waals surface area contributed by atoms with Gasteiger partial charge in [0.2, 0.25) is 0 Å². The molecule has 128 valence electrons. The largest absolute Gasteiger partial charge is 0.455 e. The second kappa shape index (κ2) is 5.69. The average Bonchev–Trinajstić information content (AvgIpc) is 3.26. The summed E-state index contributed by atoms with van der Waals surface area (Å²) in [6.07, 6.45) is 0. The van der Waals surface area contributed by atoms with Crippen LogP contribution in [-0.2, 0) is 0 Å². The predicted octanol–water partition coefficient (Wildman–Crippen LogP) is 8.38. The van der Waals surface area contributed by atoms with Gasteiger partial charge in [-0.15, -0.1) is 11.3 Å². The second-order valence-electron chi connectivity index (χ2n) is 6.69. The number of furan rings is 1. The Morgan fingerprint density at radius 1 is 0.704 bits per heavy atom. The van der Waals surface area contributed by atoms with Crippen molar-refractivity contribution >= 4 is 69.2 Å². The number of hydrogen-bond acceptors (Lipinski definition) is 2. The van der Waals surface area contributed by atoms with Gasteiger partial charge in [-0.05, 0) is 44.9 Å². The van der Waals surface area contributed by atoms with Gasteiger partial charge in [0.25, 0.3) is 0 Å². The minimum atomic E-state index is 0.901. The third-order valence-corrected chi connectivity index (χ3v) is 7.15. The summed E-state index contributed by atoms with van der Waals surface area (Å²) in [6, 6.07) is 27.7. The smallest absolute Gasteiger partial charge is 0.151 e. The molecule has 0 bridgehead atoms. The monoisotopic (exact) mass is 428 g/mol. The summed E-state index contributed by atoms with van der Waals surface area (Å²) < 4.78 is 9.95. The quantitative estimate of drug-likeness (QED) is 0.256. The summed E-state index contributed by atoms with van der Waals surface area (Å²) in [7, 11) is 0. The van der Waals surface area contributed by atoms with Crippen molar-refractivity contribution in [3.63, 3.8) is 0 Å². The van der Waals surface area contributed by atoms with Crippen LogP contribution in [-0.4, -0.2) is 0 Å². The number of halogens is 1. The van der Waals surface area contributed by atoms with Crippen molar-refractivity contribution in [3.05, 3.63) is 83.3 Å². The molecule has 2 aromatic heterocycles. The molecule has 0 amide bonds. The number of hydrogen-bond donors (Lipinski definition) is 0. The van der Waals surface area contributed by atoms with Crippen LogP contribution in [0.25, 0.3) is 53.2 Å². The van der Waals surface area contributed by atoms with Crippen molar-refractivity contribution in [2.24, 2.45) is 0 Å². The highest BCUT2D eigenvalue weighted by atomic mass is 79.9. The van der Waals surface area contributed by atoms with E-state index in [1.165, 1.54) is 30.9 Å². The van der Waals surface area contributed by atoms with Gasteiger partial charge in [-0.1, -0.05) is 60.7 Å². The van der Waals surface area contributed by atoms with Crippen LogP contribution >= 0.6 is 27.3 Å². The van der Waals surface area contributed by atoms with E-state index < -0.39 is 0 Å². The Kier molecular flexibility index (Phi) is 3.25. The molecule has 0 atom stereocenters. The van der Waals surface area contributed by atoms with Crippen LogP contribution in [0.5, 0.6) is 0 Å². The molecule has 6 rings (SSSR count). The predicted molar refractivity (Wildman–Crippen MR) is 120 cm³/mol. The van der Waals surface area contributed by atoms with Gasteiger partial charge in [-0.2, -0.15) is 0 Å². The highest BCUT2D eigenvalue weighted by Crippen LogP contribution is 2.46. The van der Waals surface area contributed by atoms with Crippen LogP contribution < -0.4 is 0 Å². The minimum Gasteiger partial charge on any atom is -0.455 e. The van der Waals surface area contributed by atoms with E-state index in [0.717, 1.165) is 26.8 Å². The lowest BCUT2D eigenvalue weighted by atomic mass is 10.0. The lowest BCUT2D eigenvalue weighted by molar-refractivity contribution is 0.631. The molecule has 6 aromatic rings. The molecule has 3 heteroatoms. The van der Waals surface area contributed by atoms with E-state index in [2.05, 4.69) is 94.8 Å². The Morgan fingerprint density at radius 3 is 2.41 bits per heavy atom. The molecule has 27 heavy (non-hydrogen) atoms. The first-order valence-corrected chi connectivity index (χ1v) is 10.4. The summed E-state index contributed by atoms with van der Waals surface area (Å²) in [4.78, 5) is 0. The van der Waals surface area contributed by atoms with E-state index in [4.69, 9.17) is 4.42 Å². The lowest BCUT2D eigenvalue weighted by Gasteiger charge is -2.01. The number of rotatable bonds is 1. The zero-order valence-electron chi connectivity index (χ0n) is 14.2. The Balaban J connectivity index is 1.73. The Morgan fingerprint density at radius 2 is 1.48 bits per heavy atom. The van der Waals surface area contributed by atoms with E-state index in [9.17, 15) is 0 Å². The first kappa shape index (κ1) is 15.4. The topological polar surface area (TPSA) is 13.1 Å². The molecular formula is C24H13BrOS.